The zero-order valence-corrected chi connectivity index (χ0v) is 10.8. The van der Waals surface area contributed by atoms with Gasteiger partial charge >= 0.3 is 0 Å². The average Bonchev–Trinajstić information content (AvgIpc) is 2.35. The molecule has 0 aliphatic rings. The first-order valence-corrected chi connectivity index (χ1v) is 5.97. The highest BCUT2D eigenvalue weighted by molar-refractivity contribution is 5.72. The van der Waals surface area contributed by atoms with E-state index in [0.717, 1.165) is 17.9 Å². The van der Waals surface area contributed by atoms with Crippen molar-refractivity contribution in [2.45, 2.75) is 20.8 Å². The van der Waals surface area contributed by atoms with Crippen molar-refractivity contribution in [3.05, 3.63) is 41.5 Å². The van der Waals surface area contributed by atoms with Crippen LogP contribution in [0, 0.1) is 19.7 Å². The highest BCUT2D eigenvalue weighted by atomic mass is 19.1. The largest absolute Gasteiger partial charge is 0.369 e. The molecule has 2 rings (SSSR count). The molecule has 0 saturated heterocycles. The lowest BCUT2D eigenvalue weighted by Gasteiger charge is -2.12. The van der Waals surface area contributed by atoms with E-state index in [1.165, 1.54) is 6.07 Å². The molecule has 1 heterocycles. The lowest BCUT2D eigenvalue weighted by atomic mass is 10.1. The molecule has 4 heteroatoms. The zero-order valence-electron chi connectivity index (χ0n) is 10.8. The molecular weight excluding hydrogens is 229 g/mol. The number of aromatic nitrogens is 2. The predicted molar refractivity (Wildman–Crippen MR) is 71.1 cm³/mol. The Bertz CT molecular complexity index is 567. The maximum absolute atomic E-state index is 13.8. The topological polar surface area (TPSA) is 37.8 Å². The third-order valence-corrected chi connectivity index (χ3v) is 2.78. The van der Waals surface area contributed by atoms with Crippen molar-refractivity contribution in [2.75, 3.05) is 11.9 Å². The van der Waals surface area contributed by atoms with Crippen LogP contribution in [0.4, 0.5) is 10.2 Å². The monoisotopic (exact) mass is 245 g/mol. The average molecular weight is 245 g/mol. The Morgan fingerprint density at radius 2 is 1.78 bits per heavy atom. The van der Waals surface area contributed by atoms with E-state index in [1.807, 2.05) is 20.8 Å². The van der Waals surface area contributed by atoms with Gasteiger partial charge in [0.15, 0.2) is 5.82 Å². The lowest BCUT2D eigenvalue weighted by molar-refractivity contribution is 0.630. The SMILES string of the molecule is CCNc1nc(C)c(C)nc1-c1ccccc1F. The molecule has 3 nitrogen and oxygen atoms in total. The lowest BCUT2D eigenvalue weighted by Crippen LogP contribution is -2.06. The van der Waals surface area contributed by atoms with Crippen LogP contribution in [0.25, 0.3) is 11.3 Å². The minimum absolute atomic E-state index is 0.283. The molecule has 0 saturated carbocycles. The third kappa shape index (κ3) is 2.32. The summed E-state index contributed by atoms with van der Waals surface area (Å²) in [6.45, 7) is 6.47. The maximum Gasteiger partial charge on any atom is 0.153 e. The molecule has 0 aliphatic heterocycles. The Hall–Kier alpha value is -1.97. The fourth-order valence-corrected chi connectivity index (χ4v) is 1.73. The van der Waals surface area contributed by atoms with Crippen LogP contribution in [0.2, 0.25) is 0 Å². The van der Waals surface area contributed by atoms with Gasteiger partial charge in [0.05, 0.1) is 11.4 Å². The molecule has 18 heavy (non-hydrogen) atoms. The summed E-state index contributed by atoms with van der Waals surface area (Å²) in [5.74, 6) is 0.347. The minimum atomic E-state index is -0.283. The summed E-state index contributed by atoms with van der Waals surface area (Å²) in [6, 6.07) is 6.61. The van der Waals surface area contributed by atoms with Crippen LogP contribution >= 0.6 is 0 Å². The van der Waals surface area contributed by atoms with Gasteiger partial charge in [0, 0.05) is 12.1 Å². The number of rotatable bonds is 3. The molecule has 1 aromatic carbocycles. The number of anilines is 1. The van der Waals surface area contributed by atoms with Gasteiger partial charge in [0.2, 0.25) is 0 Å². The number of nitrogens with zero attached hydrogens (tertiary/aromatic N) is 2. The second-order valence-corrected chi connectivity index (χ2v) is 4.10. The van der Waals surface area contributed by atoms with Gasteiger partial charge in [0.1, 0.15) is 11.5 Å². The third-order valence-electron chi connectivity index (χ3n) is 2.78. The summed E-state index contributed by atoms with van der Waals surface area (Å²) in [6.07, 6.45) is 0. The van der Waals surface area contributed by atoms with Gasteiger partial charge in [-0.3, -0.25) is 0 Å². The van der Waals surface area contributed by atoms with Crippen molar-refractivity contribution in [3.63, 3.8) is 0 Å². The molecule has 1 aromatic heterocycles. The summed E-state index contributed by atoms with van der Waals surface area (Å²) in [5, 5.41) is 3.13. The summed E-state index contributed by atoms with van der Waals surface area (Å²) >= 11 is 0. The van der Waals surface area contributed by atoms with E-state index in [4.69, 9.17) is 0 Å². The fraction of sp³-hybridized carbons (Fsp3) is 0.286. The van der Waals surface area contributed by atoms with Crippen LogP contribution < -0.4 is 5.32 Å². The van der Waals surface area contributed by atoms with E-state index in [9.17, 15) is 4.39 Å². The van der Waals surface area contributed by atoms with Crippen LogP contribution in [0.15, 0.2) is 24.3 Å². The zero-order chi connectivity index (χ0) is 13.1. The van der Waals surface area contributed by atoms with Crippen molar-refractivity contribution in [3.8, 4) is 11.3 Å². The second-order valence-electron chi connectivity index (χ2n) is 4.10. The Morgan fingerprint density at radius 1 is 1.11 bits per heavy atom. The Labute approximate surface area is 106 Å². The fourth-order valence-electron chi connectivity index (χ4n) is 1.73. The maximum atomic E-state index is 13.8. The number of halogens is 1. The number of benzene rings is 1. The van der Waals surface area contributed by atoms with E-state index < -0.39 is 0 Å². The number of hydrogen-bond acceptors (Lipinski definition) is 3. The van der Waals surface area contributed by atoms with E-state index in [2.05, 4.69) is 15.3 Å². The smallest absolute Gasteiger partial charge is 0.153 e. The van der Waals surface area contributed by atoms with Gasteiger partial charge in [-0.05, 0) is 32.9 Å². The van der Waals surface area contributed by atoms with E-state index in [-0.39, 0.29) is 5.82 Å². The first-order valence-electron chi connectivity index (χ1n) is 5.97. The van der Waals surface area contributed by atoms with Gasteiger partial charge in [-0.2, -0.15) is 0 Å². The molecule has 0 fully saturated rings. The van der Waals surface area contributed by atoms with Gasteiger partial charge in [0.25, 0.3) is 0 Å². The Balaban J connectivity index is 2.62. The summed E-state index contributed by atoms with van der Waals surface area (Å²) in [5.41, 5.74) is 2.71. The molecule has 0 aliphatic carbocycles. The van der Waals surface area contributed by atoms with Crippen LogP contribution in [-0.2, 0) is 0 Å². The molecule has 0 amide bonds. The van der Waals surface area contributed by atoms with Gasteiger partial charge in [-0.1, -0.05) is 12.1 Å². The van der Waals surface area contributed by atoms with E-state index >= 15 is 0 Å². The first-order chi connectivity index (χ1) is 8.63. The molecular formula is C14H16FN3. The van der Waals surface area contributed by atoms with Crippen LogP contribution in [0.5, 0.6) is 0 Å². The number of aryl methyl sites for hydroxylation is 2. The van der Waals surface area contributed by atoms with Crippen molar-refractivity contribution < 1.29 is 4.39 Å². The van der Waals surface area contributed by atoms with Crippen molar-refractivity contribution in [1.29, 1.82) is 0 Å². The standard InChI is InChI=1S/C14H16FN3/c1-4-16-14-13(17-9(2)10(3)18-14)11-7-5-6-8-12(11)15/h5-8H,4H2,1-3H3,(H,16,18). The highest BCUT2D eigenvalue weighted by Gasteiger charge is 2.13. The molecule has 0 unspecified atom stereocenters. The quantitative estimate of drug-likeness (QED) is 0.901. The summed E-state index contributed by atoms with van der Waals surface area (Å²) < 4.78 is 13.8. The molecule has 0 radical (unpaired) electrons. The van der Waals surface area contributed by atoms with E-state index in [1.54, 1.807) is 18.2 Å². The van der Waals surface area contributed by atoms with Crippen LogP contribution in [-0.4, -0.2) is 16.5 Å². The molecule has 1 N–H and O–H groups in total. The molecule has 2 aromatic rings. The molecule has 0 atom stereocenters. The number of nitrogens with one attached hydrogen (secondary N) is 1. The molecule has 0 spiro atoms. The summed E-state index contributed by atoms with van der Waals surface area (Å²) in [7, 11) is 0. The second kappa shape index (κ2) is 5.12. The van der Waals surface area contributed by atoms with Crippen LogP contribution in [0.3, 0.4) is 0 Å². The number of hydrogen-bond donors (Lipinski definition) is 1. The Morgan fingerprint density at radius 3 is 2.44 bits per heavy atom. The first kappa shape index (κ1) is 12.5. The normalized spacial score (nSPS) is 10.4. The molecule has 94 valence electrons. The predicted octanol–water partition coefficient (Wildman–Crippen LogP) is 3.33. The molecule has 0 bridgehead atoms. The van der Waals surface area contributed by atoms with E-state index in [0.29, 0.717) is 17.1 Å². The van der Waals surface area contributed by atoms with Gasteiger partial charge in [-0.25, -0.2) is 14.4 Å². The Kier molecular flexibility index (Phi) is 3.55. The van der Waals surface area contributed by atoms with Gasteiger partial charge < -0.3 is 5.32 Å². The van der Waals surface area contributed by atoms with Crippen molar-refractivity contribution in [1.82, 2.24) is 9.97 Å². The van der Waals surface area contributed by atoms with Crippen molar-refractivity contribution in [2.24, 2.45) is 0 Å². The van der Waals surface area contributed by atoms with Gasteiger partial charge in [-0.15, -0.1) is 0 Å². The van der Waals surface area contributed by atoms with Crippen LogP contribution in [0.1, 0.15) is 18.3 Å². The van der Waals surface area contributed by atoms with Crippen molar-refractivity contribution >= 4 is 5.82 Å². The highest BCUT2D eigenvalue weighted by Crippen LogP contribution is 2.27. The summed E-state index contributed by atoms with van der Waals surface area (Å²) in [4.78, 5) is 8.90. The minimum Gasteiger partial charge on any atom is -0.369 e.